The van der Waals surface area contributed by atoms with Crippen LogP contribution in [0, 0.1) is 5.92 Å². The Balaban J connectivity index is 1.60. The number of nitrogens with zero attached hydrogens (tertiary/aromatic N) is 2. The van der Waals surface area contributed by atoms with Crippen LogP contribution in [-0.2, 0) is 14.8 Å². The average Bonchev–Trinajstić information content (AvgIpc) is 2.89. The molecule has 1 aliphatic carbocycles. The SMILES string of the molecule is CC(=O)Nc1ccc(S(=O)(=O)N2CCCN(CC3CCCCC3)CC2)cc1. The summed E-state index contributed by atoms with van der Waals surface area (Å²) in [6, 6.07) is 6.43. The Labute approximate surface area is 163 Å². The molecule has 0 spiro atoms. The molecule has 150 valence electrons. The normalized spacial score (nSPS) is 20.9. The highest BCUT2D eigenvalue weighted by Gasteiger charge is 2.27. The number of hydrogen-bond donors (Lipinski definition) is 1. The molecule has 2 aliphatic rings. The van der Waals surface area contributed by atoms with E-state index in [2.05, 4.69) is 10.2 Å². The number of sulfonamides is 1. The summed E-state index contributed by atoms with van der Waals surface area (Å²) in [5.74, 6) is 0.611. The Morgan fingerprint density at radius 3 is 2.37 bits per heavy atom. The standard InChI is InChI=1S/C20H31N3O3S/c1-17(24)21-19-8-10-20(11-9-19)27(25,26)23-13-5-12-22(14-15-23)16-18-6-3-2-4-7-18/h8-11,18H,2-7,12-16H2,1H3,(H,21,24). The van der Waals surface area contributed by atoms with Crippen molar-refractivity contribution in [1.29, 1.82) is 0 Å². The van der Waals surface area contributed by atoms with Crippen molar-refractivity contribution < 1.29 is 13.2 Å². The van der Waals surface area contributed by atoms with Gasteiger partial charge < -0.3 is 10.2 Å². The van der Waals surface area contributed by atoms with Crippen molar-refractivity contribution in [3.8, 4) is 0 Å². The van der Waals surface area contributed by atoms with Gasteiger partial charge in [0.1, 0.15) is 0 Å². The third-order valence-electron chi connectivity index (χ3n) is 5.60. The molecule has 1 aromatic rings. The highest BCUT2D eigenvalue weighted by atomic mass is 32.2. The Kier molecular flexibility index (Phi) is 6.89. The van der Waals surface area contributed by atoms with Crippen LogP contribution in [0.3, 0.4) is 0 Å². The molecule has 1 aromatic carbocycles. The average molecular weight is 394 g/mol. The molecule has 0 aromatic heterocycles. The molecule has 1 saturated heterocycles. The highest BCUT2D eigenvalue weighted by Crippen LogP contribution is 2.25. The maximum Gasteiger partial charge on any atom is 0.243 e. The first kappa shape index (κ1) is 20.3. The summed E-state index contributed by atoms with van der Waals surface area (Å²) < 4.78 is 27.6. The monoisotopic (exact) mass is 393 g/mol. The van der Waals surface area contributed by atoms with Gasteiger partial charge in [-0.1, -0.05) is 19.3 Å². The first-order valence-electron chi connectivity index (χ1n) is 10.1. The zero-order valence-electron chi connectivity index (χ0n) is 16.2. The maximum atomic E-state index is 13.0. The lowest BCUT2D eigenvalue weighted by atomic mass is 9.89. The molecule has 2 fully saturated rings. The van der Waals surface area contributed by atoms with E-state index >= 15 is 0 Å². The van der Waals surface area contributed by atoms with Crippen molar-refractivity contribution in [3.05, 3.63) is 24.3 Å². The number of anilines is 1. The first-order chi connectivity index (χ1) is 12.9. The fourth-order valence-electron chi connectivity index (χ4n) is 4.17. The predicted molar refractivity (Wildman–Crippen MR) is 107 cm³/mol. The van der Waals surface area contributed by atoms with Crippen LogP contribution in [0.25, 0.3) is 0 Å². The summed E-state index contributed by atoms with van der Waals surface area (Å²) in [5.41, 5.74) is 0.607. The van der Waals surface area contributed by atoms with E-state index in [1.807, 2.05) is 0 Å². The quantitative estimate of drug-likeness (QED) is 0.835. The summed E-state index contributed by atoms with van der Waals surface area (Å²) in [5, 5.41) is 2.66. The minimum Gasteiger partial charge on any atom is -0.326 e. The predicted octanol–water partition coefficient (Wildman–Crippen LogP) is 2.92. The van der Waals surface area contributed by atoms with Gasteiger partial charge in [0, 0.05) is 38.8 Å². The molecule has 0 radical (unpaired) electrons. The van der Waals surface area contributed by atoms with Crippen LogP contribution in [0.1, 0.15) is 45.4 Å². The van der Waals surface area contributed by atoms with Gasteiger partial charge in [-0.05, 0) is 56.0 Å². The Morgan fingerprint density at radius 2 is 1.70 bits per heavy atom. The Hall–Kier alpha value is -1.44. The van der Waals surface area contributed by atoms with E-state index in [0.717, 1.165) is 32.0 Å². The molecular formula is C20H31N3O3S. The Morgan fingerprint density at radius 1 is 1.00 bits per heavy atom. The van der Waals surface area contributed by atoms with Gasteiger partial charge in [-0.25, -0.2) is 8.42 Å². The molecule has 1 amide bonds. The molecule has 0 unspecified atom stereocenters. The lowest BCUT2D eigenvalue weighted by Crippen LogP contribution is -2.36. The van der Waals surface area contributed by atoms with E-state index in [1.54, 1.807) is 28.6 Å². The van der Waals surface area contributed by atoms with E-state index in [-0.39, 0.29) is 10.8 Å². The zero-order chi connectivity index (χ0) is 19.3. The molecule has 1 aliphatic heterocycles. The molecule has 1 heterocycles. The van der Waals surface area contributed by atoms with E-state index in [4.69, 9.17) is 0 Å². The summed E-state index contributed by atoms with van der Waals surface area (Å²) in [7, 11) is -3.49. The van der Waals surface area contributed by atoms with E-state index in [1.165, 1.54) is 39.0 Å². The first-order valence-corrected chi connectivity index (χ1v) is 11.5. The lowest BCUT2D eigenvalue weighted by Gasteiger charge is -2.28. The molecule has 1 saturated carbocycles. The largest absolute Gasteiger partial charge is 0.326 e. The molecule has 3 rings (SSSR count). The summed E-state index contributed by atoms with van der Waals surface area (Å²) >= 11 is 0. The molecule has 0 atom stereocenters. The van der Waals surface area contributed by atoms with Crippen LogP contribution < -0.4 is 5.32 Å². The molecule has 7 heteroatoms. The summed E-state index contributed by atoms with van der Waals surface area (Å²) in [4.78, 5) is 13.9. The van der Waals surface area contributed by atoms with E-state index in [9.17, 15) is 13.2 Å². The van der Waals surface area contributed by atoms with Gasteiger partial charge >= 0.3 is 0 Å². The third-order valence-corrected chi connectivity index (χ3v) is 7.51. The molecule has 27 heavy (non-hydrogen) atoms. The topological polar surface area (TPSA) is 69.7 Å². The number of hydrogen-bond acceptors (Lipinski definition) is 4. The van der Waals surface area contributed by atoms with E-state index in [0.29, 0.717) is 18.8 Å². The molecular weight excluding hydrogens is 362 g/mol. The van der Waals surface area contributed by atoms with Crippen molar-refractivity contribution in [2.75, 3.05) is 38.0 Å². The van der Waals surface area contributed by atoms with Gasteiger partial charge in [-0.3, -0.25) is 4.79 Å². The second kappa shape index (κ2) is 9.17. The molecule has 0 bridgehead atoms. The van der Waals surface area contributed by atoms with Crippen molar-refractivity contribution in [2.24, 2.45) is 5.92 Å². The number of benzene rings is 1. The molecule has 6 nitrogen and oxygen atoms in total. The summed E-state index contributed by atoms with van der Waals surface area (Å²) in [6.07, 6.45) is 7.55. The smallest absolute Gasteiger partial charge is 0.243 e. The van der Waals surface area contributed by atoms with Crippen molar-refractivity contribution >= 4 is 21.6 Å². The maximum absolute atomic E-state index is 13.0. The fraction of sp³-hybridized carbons (Fsp3) is 0.650. The third kappa shape index (κ3) is 5.53. The lowest BCUT2D eigenvalue weighted by molar-refractivity contribution is -0.114. The second-order valence-electron chi connectivity index (χ2n) is 7.77. The van der Waals surface area contributed by atoms with Gasteiger partial charge in [-0.2, -0.15) is 4.31 Å². The molecule has 1 N–H and O–H groups in total. The minimum absolute atomic E-state index is 0.170. The van der Waals surface area contributed by atoms with Crippen molar-refractivity contribution in [1.82, 2.24) is 9.21 Å². The van der Waals surface area contributed by atoms with Gasteiger partial charge in [0.2, 0.25) is 15.9 Å². The van der Waals surface area contributed by atoms with Gasteiger partial charge in [-0.15, -0.1) is 0 Å². The van der Waals surface area contributed by atoms with Crippen LogP contribution in [-0.4, -0.2) is 56.3 Å². The van der Waals surface area contributed by atoms with Crippen molar-refractivity contribution in [2.45, 2.75) is 50.3 Å². The van der Waals surface area contributed by atoms with Crippen LogP contribution in [0.2, 0.25) is 0 Å². The zero-order valence-corrected chi connectivity index (χ0v) is 17.0. The van der Waals surface area contributed by atoms with Crippen LogP contribution >= 0.6 is 0 Å². The van der Waals surface area contributed by atoms with Crippen LogP contribution in [0.4, 0.5) is 5.69 Å². The minimum atomic E-state index is -3.49. The number of amides is 1. The summed E-state index contributed by atoms with van der Waals surface area (Å²) in [6.45, 7) is 5.43. The number of nitrogens with one attached hydrogen (secondary N) is 1. The van der Waals surface area contributed by atoms with E-state index < -0.39 is 10.0 Å². The van der Waals surface area contributed by atoms with Gasteiger partial charge in [0.15, 0.2) is 0 Å². The van der Waals surface area contributed by atoms with Gasteiger partial charge in [0.25, 0.3) is 0 Å². The number of carbonyl (C=O) groups is 1. The fourth-order valence-corrected chi connectivity index (χ4v) is 5.64. The Bertz CT molecular complexity index is 727. The number of rotatable bonds is 5. The highest BCUT2D eigenvalue weighted by molar-refractivity contribution is 7.89. The van der Waals surface area contributed by atoms with Crippen LogP contribution in [0.5, 0.6) is 0 Å². The van der Waals surface area contributed by atoms with Crippen LogP contribution in [0.15, 0.2) is 29.2 Å². The number of carbonyl (C=O) groups excluding carboxylic acids is 1. The van der Waals surface area contributed by atoms with Crippen molar-refractivity contribution in [3.63, 3.8) is 0 Å². The van der Waals surface area contributed by atoms with Gasteiger partial charge in [0.05, 0.1) is 4.90 Å². The second-order valence-corrected chi connectivity index (χ2v) is 9.71.